The molecule has 0 aliphatic rings. The first kappa shape index (κ1) is 16.2. The maximum absolute atomic E-state index is 9.91. The van der Waals surface area contributed by atoms with Crippen molar-refractivity contribution in [1.29, 1.82) is 0 Å². The third-order valence-electron chi connectivity index (χ3n) is 2.71. The zero-order chi connectivity index (χ0) is 15.2. The van der Waals surface area contributed by atoms with E-state index in [4.69, 9.17) is 39.5 Å². The predicted octanol–water partition coefficient (Wildman–Crippen LogP) is 4.50. The van der Waals surface area contributed by atoms with Gasteiger partial charge in [-0.3, -0.25) is 0 Å². The first-order valence-corrected chi connectivity index (χ1v) is 7.44. The average molecular weight is 347 g/mol. The molecule has 0 saturated heterocycles. The molecule has 0 spiro atoms. The molecular formula is C15H14Cl3NO2. The summed E-state index contributed by atoms with van der Waals surface area (Å²) in [6.07, 6.45) is -0.701. The number of rotatable bonds is 6. The third kappa shape index (κ3) is 4.97. The Morgan fingerprint density at radius 2 is 1.67 bits per heavy atom. The number of ether oxygens (including phenoxy) is 1. The Kier molecular flexibility index (Phi) is 6.00. The molecule has 0 heterocycles. The number of aliphatic hydroxyl groups is 1. The second-order valence-corrected chi connectivity index (χ2v) is 5.65. The van der Waals surface area contributed by atoms with Crippen LogP contribution in [0.1, 0.15) is 0 Å². The molecule has 2 N–H and O–H groups in total. The first-order valence-electron chi connectivity index (χ1n) is 6.30. The van der Waals surface area contributed by atoms with Gasteiger partial charge in [-0.1, -0.05) is 53.0 Å². The van der Waals surface area contributed by atoms with E-state index in [-0.39, 0.29) is 13.2 Å². The van der Waals surface area contributed by atoms with Gasteiger partial charge in [-0.15, -0.1) is 0 Å². The first-order chi connectivity index (χ1) is 10.1. The normalized spacial score (nSPS) is 12.0. The van der Waals surface area contributed by atoms with Crippen LogP contribution in [0.25, 0.3) is 0 Å². The summed E-state index contributed by atoms with van der Waals surface area (Å²) in [6, 6.07) is 12.5. The van der Waals surface area contributed by atoms with Gasteiger partial charge < -0.3 is 15.2 Å². The summed E-state index contributed by atoms with van der Waals surface area (Å²) in [4.78, 5) is 0. The summed E-state index contributed by atoms with van der Waals surface area (Å²) in [5, 5.41) is 14.2. The highest BCUT2D eigenvalue weighted by Crippen LogP contribution is 2.33. The molecule has 3 nitrogen and oxygen atoms in total. The highest BCUT2D eigenvalue weighted by molar-refractivity contribution is 6.41. The molecule has 2 aromatic rings. The van der Waals surface area contributed by atoms with E-state index in [0.717, 1.165) is 0 Å². The number of benzene rings is 2. The lowest BCUT2D eigenvalue weighted by molar-refractivity contribution is 0.117. The minimum absolute atomic E-state index is 0.167. The van der Waals surface area contributed by atoms with E-state index in [0.29, 0.717) is 26.5 Å². The smallest absolute Gasteiger partial charge is 0.119 e. The fourth-order valence-corrected chi connectivity index (χ4v) is 2.65. The minimum atomic E-state index is -0.701. The van der Waals surface area contributed by atoms with Crippen molar-refractivity contribution in [2.45, 2.75) is 6.10 Å². The highest BCUT2D eigenvalue weighted by Gasteiger charge is 2.10. The van der Waals surface area contributed by atoms with Crippen LogP contribution in [-0.2, 0) is 0 Å². The van der Waals surface area contributed by atoms with Crippen LogP contribution < -0.4 is 10.1 Å². The van der Waals surface area contributed by atoms with Crippen LogP contribution in [0.5, 0.6) is 5.75 Å². The van der Waals surface area contributed by atoms with Crippen LogP contribution in [-0.4, -0.2) is 24.4 Å². The predicted molar refractivity (Wildman–Crippen MR) is 87.9 cm³/mol. The van der Waals surface area contributed by atoms with Gasteiger partial charge in [0.25, 0.3) is 0 Å². The SMILES string of the molecule is OC(CNc1c(Cl)cc(Cl)cc1Cl)COc1ccccc1. The van der Waals surface area contributed by atoms with E-state index < -0.39 is 6.10 Å². The number of halogens is 3. The van der Waals surface area contributed by atoms with Crippen molar-refractivity contribution in [2.75, 3.05) is 18.5 Å². The molecule has 0 aliphatic heterocycles. The van der Waals surface area contributed by atoms with Crippen LogP contribution in [0.4, 0.5) is 5.69 Å². The Morgan fingerprint density at radius 1 is 1.05 bits per heavy atom. The zero-order valence-corrected chi connectivity index (χ0v) is 13.3. The third-order valence-corrected chi connectivity index (χ3v) is 3.52. The van der Waals surface area contributed by atoms with Crippen molar-refractivity contribution >= 4 is 40.5 Å². The molecule has 2 rings (SSSR count). The lowest BCUT2D eigenvalue weighted by atomic mass is 10.3. The van der Waals surface area contributed by atoms with Crippen LogP contribution in [0.2, 0.25) is 15.1 Å². The van der Waals surface area contributed by atoms with E-state index in [1.807, 2.05) is 30.3 Å². The average Bonchev–Trinajstić information content (AvgIpc) is 2.45. The Hall–Kier alpha value is -1.13. The molecule has 0 fully saturated rings. The van der Waals surface area contributed by atoms with Gasteiger partial charge in [0, 0.05) is 11.6 Å². The van der Waals surface area contributed by atoms with Crippen LogP contribution in [0.15, 0.2) is 42.5 Å². The van der Waals surface area contributed by atoms with Crippen LogP contribution in [0.3, 0.4) is 0 Å². The summed E-state index contributed by atoms with van der Waals surface area (Å²) >= 11 is 17.9. The molecule has 112 valence electrons. The van der Waals surface area contributed by atoms with Crippen LogP contribution in [0, 0.1) is 0 Å². The number of nitrogens with one attached hydrogen (secondary N) is 1. The Balaban J connectivity index is 1.85. The number of anilines is 1. The molecule has 0 amide bonds. The molecule has 0 saturated carbocycles. The van der Waals surface area contributed by atoms with E-state index in [1.54, 1.807) is 12.1 Å². The molecule has 0 radical (unpaired) electrons. The van der Waals surface area contributed by atoms with Gasteiger partial charge in [-0.25, -0.2) is 0 Å². The molecule has 2 aromatic carbocycles. The summed E-state index contributed by atoms with van der Waals surface area (Å²) in [5.74, 6) is 0.708. The van der Waals surface area contributed by atoms with Crippen LogP contribution >= 0.6 is 34.8 Å². The number of hydrogen-bond donors (Lipinski definition) is 2. The van der Waals surface area contributed by atoms with Gasteiger partial charge >= 0.3 is 0 Å². The summed E-state index contributed by atoms with van der Waals surface area (Å²) in [6.45, 7) is 0.424. The second kappa shape index (κ2) is 7.76. The Bertz CT molecular complexity index is 570. The summed E-state index contributed by atoms with van der Waals surface area (Å²) in [5.41, 5.74) is 0.543. The molecule has 21 heavy (non-hydrogen) atoms. The zero-order valence-electron chi connectivity index (χ0n) is 11.0. The number of hydrogen-bond acceptors (Lipinski definition) is 3. The van der Waals surface area contributed by atoms with Crippen molar-refractivity contribution in [1.82, 2.24) is 0 Å². The molecule has 1 unspecified atom stereocenters. The van der Waals surface area contributed by atoms with Crippen molar-refractivity contribution in [3.05, 3.63) is 57.5 Å². The molecule has 0 bridgehead atoms. The Labute approximate surface area is 138 Å². The maximum Gasteiger partial charge on any atom is 0.119 e. The fraction of sp³-hybridized carbons (Fsp3) is 0.200. The lowest BCUT2D eigenvalue weighted by Gasteiger charge is -2.15. The number of aliphatic hydroxyl groups excluding tert-OH is 1. The monoisotopic (exact) mass is 345 g/mol. The highest BCUT2D eigenvalue weighted by atomic mass is 35.5. The standard InChI is InChI=1S/C15H14Cl3NO2/c16-10-6-13(17)15(14(18)7-10)19-8-11(20)9-21-12-4-2-1-3-5-12/h1-7,11,19-20H,8-9H2. The van der Waals surface area contributed by atoms with Gasteiger partial charge in [0.2, 0.25) is 0 Å². The maximum atomic E-state index is 9.91. The summed E-state index contributed by atoms with van der Waals surface area (Å²) < 4.78 is 5.46. The van der Waals surface area contributed by atoms with E-state index in [1.165, 1.54) is 0 Å². The van der Waals surface area contributed by atoms with Crippen molar-refractivity contribution < 1.29 is 9.84 Å². The molecule has 6 heteroatoms. The minimum Gasteiger partial charge on any atom is -0.491 e. The quantitative estimate of drug-likeness (QED) is 0.809. The van der Waals surface area contributed by atoms with Crippen molar-refractivity contribution in [2.24, 2.45) is 0 Å². The largest absolute Gasteiger partial charge is 0.491 e. The van der Waals surface area contributed by atoms with E-state index in [9.17, 15) is 5.11 Å². The topological polar surface area (TPSA) is 41.5 Å². The molecule has 0 aliphatic carbocycles. The van der Waals surface area contributed by atoms with Gasteiger partial charge in [0.15, 0.2) is 0 Å². The Morgan fingerprint density at radius 3 is 2.29 bits per heavy atom. The second-order valence-electron chi connectivity index (χ2n) is 4.40. The molecular weight excluding hydrogens is 333 g/mol. The summed E-state index contributed by atoms with van der Waals surface area (Å²) in [7, 11) is 0. The van der Waals surface area contributed by atoms with Gasteiger partial charge in [-0.05, 0) is 24.3 Å². The van der Waals surface area contributed by atoms with Gasteiger partial charge in [0.1, 0.15) is 18.5 Å². The number of para-hydroxylation sites is 1. The lowest BCUT2D eigenvalue weighted by Crippen LogP contribution is -2.26. The van der Waals surface area contributed by atoms with Gasteiger partial charge in [-0.2, -0.15) is 0 Å². The van der Waals surface area contributed by atoms with Crippen molar-refractivity contribution in [3.8, 4) is 5.75 Å². The molecule has 0 aromatic heterocycles. The van der Waals surface area contributed by atoms with E-state index in [2.05, 4.69) is 5.32 Å². The molecule has 1 atom stereocenters. The van der Waals surface area contributed by atoms with E-state index >= 15 is 0 Å². The van der Waals surface area contributed by atoms with Gasteiger partial charge in [0.05, 0.1) is 15.7 Å². The van der Waals surface area contributed by atoms with Crippen molar-refractivity contribution in [3.63, 3.8) is 0 Å². The fourth-order valence-electron chi connectivity index (χ4n) is 1.70.